The molecule has 0 saturated carbocycles. The highest BCUT2D eigenvalue weighted by Crippen LogP contribution is 2.43. The molecule has 0 radical (unpaired) electrons. The summed E-state index contributed by atoms with van der Waals surface area (Å²) >= 11 is 4.94. The van der Waals surface area contributed by atoms with Gasteiger partial charge in [0.25, 0.3) is 5.69 Å². The summed E-state index contributed by atoms with van der Waals surface area (Å²) in [5, 5.41) is 10.8. The minimum atomic E-state index is -3.88. The van der Waals surface area contributed by atoms with Crippen LogP contribution < -0.4 is 4.74 Å². The summed E-state index contributed by atoms with van der Waals surface area (Å²) in [4.78, 5) is 10.5. The summed E-state index contributed by atoms with van der Waals surface area (Å²) in [7, 11) is -2.32. The van der Waals surface area contributed by atoms with Gasteiger partial charge in [-0.15, -0.1) is 11.8 Å². The maximum atomic E-state index is 13.2. The number of methoxy groups -OCH3 is 1. The topological polar surface area (TPSA) is 89.8 Å². The van der Waals surface area contributed by atoms with E-state index in [-0.39, 0.29) is 10.6 Å². The van der Waals surface area contributed by atoms with Crippen molar-refractivity contribution in [2.45, 2.75) is 17.2 Å². The molecule has 0 spiro atoms. The summed E-state index contributed by atoms with van der Waals surface area (Å²) < 4.78 is 33.7. The SMILES string of the molecule is COc1ccc([C@@H]2SCCN2S(=O)(=O)c2ccc(C)c([N+](=O)[O-])c2)cc1Br. The fourth-order valence-corrected chi connectivity index (χ4v) is 6.69. The van der Waals surface area contributed by atoms with Gasteiger partial charge in [0, 0.05) is 23.9 Å². The van der Waals surface area contributed by atoms with Gasteiger partial charge in [0.2, 0.25) is 10.0 Å². The van der Waals surface area contributed by atoms with Gasteiger partial charge in [-0.2, -0.15) is 4.31 Å². The van der Waals surface area contributed by atoms with E-state index in [9.17, 15) is 18.5 Å². The Balaban J connectivity index is 2.00. The summed E-state index contributed by atoms with van der Waals surface area (Å²) in [6, 6.07) is 9.46. The number of hydrogen-bond donors (Lipinski definition) is 0. The average molecular weight is 473 g/mol. The molecule has 3 rings (SSSR count). The quantitative estimate of drug-likeness (QED) is 0.480. The van der Waals surface area contributed by atoms with Crippen molar-refractivity contribution in [1.29, 1.82) is 0 Å². The number of benzene rings is 2. The molecule has 27 heavy (non-hydrogen) atoms. The van der Waals surface area contributed by atoms with E-state index in [0.717, 1.165) is 16.1 Å². The molecule has 2 aromatic rings. The van der Waals surface area contributed by atoms with Crippen LogP contribution in [0.2, 0.25) is 0 Å². The third kappa shape index (κ3) is 3.84. The highest BCUT2D eigenvalue weighted by Gasteiger charge is 2.37. The number of ether oxygens (including phenoxy) is 1. The number of nitrogens with zero attached hydrogens (tertiary/aromatic N) is 2. The molecule has 1 atom stereocenters. The largest absolute Gasteiger partial charge is 0.496 e. The number of rotatable bonds is 5. The molecular weight excluding hydrogens is 456 g/mol. The van der Waals surface area contributed by atoms with Gasteiger partial charge >= 0.3 is 0 Å². The molecule has 0 aromatic heterocycles. The van der Waals surface area contributed by atoms with Gasteiger partial charge < -0.3 is 4.74 Å². The Morgan fingerprint density at radius 3 is 2.67 bits per heavy atom. The zero-order valence-corrected chi connectivity index (χ0v) is 17.8. The number of nitro groups is 1. The maximum absolute atomic E-state index is 13.2. The van der Waals surface area contributed by atoms with E-state index in [1.54, 1.807) is 20.1 Å². The van der Waals surface area contributed by atoms with Crippen molar-refractivity contribution >= 4 is 43.4 Å². The van der Waals surface area contributed by atoms with Crippen LogP contribution in [0.3, 0.4) is 0 Å². The van der Waals surface area contributed by atoms with Crippen molar-refractivity contribution < 1.29 is 18.1 Å². The zero-order chi connectivity index (χ0) is 19.8. The summed E-state index contributed by atoms with van der Waals surface area (Å²) in [5.41, 5.74) is 1.03. The molecule has 1 aliphatic heterocycles. The average Bonchev–Trinajstić information content (AvgIpc) is 3.12. The molecular formula is C17H17BrN2O5S2. The Morgan fingerprint density at radius 1 is 1.30 bits per heavy atom. The van der Waals surface area contributed by atoms with Crippen LogP contribution in [-0.4, -0.2) is 37.1 Å². The summed E-state index contributed by atoms with van der Waals surface area (Å²) in [6.07, 6.45) is 0. The Labute approximate surface area is 170 Å². The first-order valence-corrected chi connectivity index (χ1v) is 11.3. The molecule has 0 aliphatic carbocycles. The van der Waals surface area contributed by atoms with Gasteiger partial charge in [-0.3, -0.25) is 10.1 Å². The van der Waals surface area contributed by atoms with Crippen LogP contribution in [0.1, 0.15) is 16.5 Å². The molecule has 1 aliphatic rings. The van der Waals surface area contributed by atoms with E-state index in [1.165, 1.54) is 28.2 Å². The van der Waals surface area contributed by atoms with Crippen molar-refractivity contribution in [3.8, 4) is 5.75 Å². The minimum Gasteiger partial charge on any atom is -0.496 e. The smallest absolute Gasteiger partial charge is 0.273 e. The van der Waals surface area contributed by atoms with E-state index >= 15 is 0 Å². The predicted octanol–water partition coefficient (Wildman–Crippen LogP) is 4.11. The third-order valence-electron chi connectivity index (χ3n) is 4.29. The van der Waals surface area contributed by atoms with E-state index in [2.05, 4.69) is 15.9 Å². The molecule has 7 nitrogen and oxygen atoms in total. The van der Waals surface area contributed by atoms with Crippen molar-refractivity contribution in [3.63, 3.8) is 0 Å². The second kappa shape index (κ2) is 7.78. The number of nitro benzene ring substituents is 1. The van der Waals surface area contributed by atoms with Crippen molar-refractivity contribution in [2.24, 2.45) is 0 Å². The number of aryl methyl sites for hydroxylation is 1. The van der Waals surface area contributed by atoms with E-state index in [4.69, 9.17) is 4.74 Å². The second-order valence-corrected chi connectivity index (χ2v) is 9.87. The summed E-state index contributed by atoms with van der Waals surface area (Å²) in [6.45, 7) is 1.92. The van der Waals surface area contributed by atoms with Gasteiger partial charge in [0.1, 0.15) is 5.75 Å². The monoisotopic (exact) mass is 472 g/mol. The lowest BCUT2D eigenvalue weighted by Crippen LogP contribution is -2.30. The minimum absolute atomic E-state index is 0.0696. The molecule has 2 aromatic carbocycles. The molecule has 1 heterocycles. The second-order valence-electron chi connectivity index (χ2n) is 5.94. The summed E-state index contributed by atoms with van der Waals surface area (Å²) in [5.74, 6) is 1.30. The normalized spacial score (nSPS) is 17.8. The highest BCUT2D eigenvalue weighted by atomic mass is 79.9. The molecule has 1 saturated heterocycles. The van der Waals surface area contributed by atoms with Gasteiger partial charge in [0.15, 0.2) is 0 Å². The van der Waals surface area contributed by atoms with Crippen LogP contribution in [-0.2, 0) is 10.0 Å². The first-order valence-electron chi connectivity index (χ1n) is 7.97. The first-order chi connectivity index (χ1) is 12.8. The Bertz CT molecular complexity index is 997. The maximum Gasteiger partial charge on any atom is 0.273 e. The standard InChI is InChI=1S/C17H17BrN2O5S2/c1-11-3-5-13(10-15(11)20(21)22)27(23,24)19-7-8-26-17(19)12-4-6-16(25-2)14(18)9-12/h3-6,9-10,17H,7-8H2,1-2H3/t17-/m0/s1. The number of halogens is 1. The zero-order valence-electron chi connectivity index (χ0n) is 14.6. The fraction of sp³-hybridized carbons (Fsp3) is 0.294. The predicted molar refractivity (Wildman–Crippen MR) is 108 cm³/mol. The van der Waals surface area contributed by atoms with Crippen molar-refractivity contribution in [3.05, 3.63) is 62.1 Å². The third-order valence-corrected chi connectivity index (χ3v) is 8.17. The van der Waals surface area contributed by atoms with Crippen molar-refractivity contribution in [2.75, 3.05) is 19.4 Å². The molecule has 144 valence electrons. The molecule has 0 bridgehead atoms. The highest BCUT2D eigenvalue weighted by molar-refractivity contribution is 9.10. The fourth-order valence-electron chi connectivity index (χ4n) is 2.88. The van der Waals surface area contributed by atoms with Crippen LogP contribution in [0.5, 0.6) is 5.75 Å². The Kier molecular flexibility index (Phi) is 5.80. The molecule has 0 unspecified atom stereocenters. The lowest BCUT2D eigenvalue weighted by atomic mass is 10.2. The van der Waals surface area contributed by atoms with Gasteiger partial charge in [0.05, 0.1) is 26.8 Å². The van der Waals surface area contributed by atoms with Crippen molar-refractivity contribution in [1.82, 2.24) is 4.31 Å². The van der Waals surface area contributed by atoms with Crippen LogP contribution >= 0.6 is 27.7 Å². The number of hydrogen-bond acceptors (Lipinski definition) is 6. The van der Waals surface area contributed by atoms with Crippen LogP contribution in [0.15, 0.2) is 45.8 Å². The van der Waals surface area contributed by atoms with Crippen LogP contribution in [0.4, 0.5) is 5.69 Å². The molecule has 1 fully saturated rings. The van der Waals surface area contributed by atoms with E-state index < -0.39 is 20.3 Å². The Morgan fingerprint density at radius 2 is 2.04 bits per heavy atom. The van der Waals surface area contributed by atoms with Crippen LogP contribution in [0.25, 0.3) is 0 Å². The van der Waals surface area contributed by atoms with Gasteiger partial charge in [-0.25, -0.2) is 8.42 Å². The number of sulfonamides is 1. The van der Waals surface area contributed by atoms with E-state index in [0.29, 0.717) is 23.6 Å². The first kappa shape index (κ1) is 20.1. The molecule has 0 amide bonds. The van der Waals surface area contributed by atoms with Gasteiger partial charge in [-0.05, 0) is 46.6 Å². The lowest BCUT2D eigenvalue weighted by molar-refractivity contribution is -0.385. The number of thioether (sulfide) groups is 1. The Hall–Kier alpha value is -1.62. The molecule has 0 N–H and O–H groups in total. The molecule has 10 heteroatoms. The van der Waals surface area contributed by atoms with Crippen LogP contribution in [0, 0.1) is 17.0 Å². The van der Waals surface area contributed by atoms with E-state index in [1.807, 2.05) is 12.1 Å². The lowest BCUT2D eigenvalue weighted by Gasteiger charge is -2.24. The van der Waals surface area contributed by atoms with Gasteiger partial charge in [-0.1, -0.05) is 12.1 Å².